The van der Waals surface area contributed by atoms with Crippen LogP contribution >= 0.6 is 0 Å². The number of carbonyl (C=O) groups is 2. The van der Waals surface area contributed by atoms with Gasteiger partial charge in [-0.3, -0.25) is 9.59 Å². The van der Waals surface area contributed by atoms with Crippen molar-refractivity contribution in [3.63, 3.8) is 0 Å². The first kappa shape index (κ1) is 16.6. The van der Waals surface area contributed by atoms with Gasteiger partial charge in [-0.1, -0.05) is 6.07 Å². The van der Waals surface area contributed by atoms with E-state index in [9.17, 15) is 9.59 Å². The predicted octanol–water partition coefficient (Wildman–Crippen LogP) is 2.81. The van der Waals surface area contributed by atoms with Crippen LogP contribution in [-0.4, -0.2) is 48.0 Å². The summed E-state index contributed by atoms with van der Waals surface area (Å²) in [5.41, 5.74) is 2.36. The van der Waals surface area contributed by atoms with Crippen molar-refractivity contribution in [1.29, 1.82) is 0 Å². The highest BCUT2D eigenvalue weighted by Crippen LogP contribution is 2.41. The highest BCUT2D eigenvalue weighted by Gasteiger charge is 2.45. The van der Waals surface area contributed by atoms with Gasteiger partial charge < -0.3 is 14.4 Å². The summed E-state index contributed by atoms with van der Waals surface area (Å²) in [7, 11) is 0. The molecule has 1 aromatic rings. The Bertz CT molecular complexity index is 713. The molecule has 1 amide bonds. The van der Waals surface area contributed by atoms with E-state index in [1.807, 2.05) is 30.9 Å². The summed E-state index contributed by atoms with van der Waals surface area (Å²) in [4.78, 5) is 27.1. The number of carbonyl (C=O) groups excluding carboxylic acids is 2. The minimum atomic E-state index is -0.461. The molecule has 3 aliphatic heterocycles. The lowest BCUT2D eigenvalue weighted by molar-refractivity contribution is -0.144. The van der Waals surface area contributed by atoms with E-state index < -0.39 is 5.60 Å². The quantitative estimate of drug-likeness (QED) is 0.787. The molecule has 2 saturated heterocycles. The lowest BCUT2D eigenvalue weighted by Gasteiger charge is -2.44. The first-order valence-electron chi connectivity index (χ1n) is 9.21. The van der Waals surface area contributed by atoms with E-state index in [0.29, 0.717) is 44.7 Å². The van der Waals surface area contributed by atoms with Crippen LogP contribution in [0.15, 0.2) is 12.1 Å². The van der Waals surface area contributed by atoms with Crippen LogP contribution in [-0.2, 0) is 9.53 Å². The zero-order valence-corrected chi connectivity index (χ0v) is 15.0. The molecule has 0 bridgehead atoms. The Morgan fingerprint density at radius 1 is 1.24 bits per heavy atom. The van der Waals surface area contributed by atoms with E-state index >= 15 is 0 Å². The van der Waals surface area contributed by atoms with E-state index in [4.69, 9.17) is 9.47 Å². The number of piperidine rings is 1. The van der Waals surface area contributed by atoms with Gasteiger partial charge in [0.05, 0.1) is 12.0 Å². The Balaban J connectivity index is 1.49. The third-order valence-electron chi connectivity index (χ3n) is 5.72. The van der Waals surface area contributed by atoms with Crippen molar-refractivity contribution >= 4 is 11.7 Å². The van der Waals surface area contributed by atoms with E-state index in [1.165, 1.54) is 0 Å². The smallest absolute Gasteiger partial charge is 0.251 e. The summed E-state index contributed by atoms with van der Waals surface area (Å²) in [6.45, 7) is 5.93. The summed E-state index contributed by atoms with van der Waals surface area (Å²) in [5.74, 6) is 0.979. The Hall–Kier alpha value is -1.88. The fraction of sp³-hybridized carbons (Fsp3) is 0.600. The summed E-state index contributed by atoms with van der Waals surface area (Å²) in [6.07, 6.45) is 3.32. The number of nitrogens with zero attached hydrogens (tertiary/aromatic N) is 1. The number of fused-ring (bicyclic) bond motifs is 1. The van der Waals surface area contributed by atoms with Crippen LogP contribution in [0.2, 0.25) is 0 Å². The van der Waals surface area contributed by atoms with Crippen molar-refractivity contribution in [3.05, 3.63) is 28.8 Å². The third-order valence-corrected chi connectivity index (χ3v) is 5.72. The average Bonchev–Trinajstić information content (AvgIpc) is 3.08. The average molecular weight is 343 g/mol. The lowest BCUT2D eigenvalue weighted by Crippen LogP contribution is -2.53. The lowest BCUT2D eigenvalue weighted by atomic mass is 9.81. The van der Waals surface area contributed by atoms with Crippen molar-refractivity contribution in [3.8, 4) is 5.75 Å². The zero-order valence-electron chi connectivity index (χ0n) is 15.0. The molecule has 134 valence electrons. The molecule has 1 spiro atoms. The number of likely N-dealkylation sites (tertiary alicyclic amines) is 1. The maximum absolute atomic E-state index is 12.7. The van der Waals surface area contributed by atoms with Gasteiger partial charge in [0.2, 0.25) is 0 Å². The first-order valence-corrected chi connectivity index (χ1v) is 9.21. The van der Waals surface area contributed by atoms with Gasteiger partial charge in [-0.2, -0.15) is 0 Å². The summed E-state index contributed by atoms with van der Waals surface area (Å²) in [6, 6.07) is 3.99. The fourth-order valence-electron chi connectivity index (χ4n) is 4.41. The molecule has 0 aromatic heterocycles. The number of hydrogen-bond donors (Lipinski definition) is 0. The molecule has 1 aromatic carbocycles. The number of amides is 1. The highest BCUT2D eigenvalue weighted by molar-refractivity contribution is 6.01. The number of hydrogen-bond acceptors (Lipinski definition) is 4. The number of Topliss-reactive ketones (excluding diaryl/α,β-unsaturated/α-hetero) is 1. The van der Waals surface area contributed by atoms with Crippen molar-refractivity contribution in [1.82, 2.24) is 4.90 Å². The molecule has 2 fully saturated rings. The molecule has 3 heterocycles. The van der Waals surface area contributed by atoms with E-state index in [1.54, 1.807) is 0 Å². The second-order valence-corrected chi connectivity index (χ2v) is 7.67. The van der Waals surface area contributed by atoms with Crippen molar-refractivity contribution in [2.75, 3.05) is 19.7 Å². The van der Waals surface area contributed by atoms with Crippen molar-refractivity contribution < 1.29 is 19.1 Å². The summed E-state index contributed by atoms with van der Waals surface area (Å²) in [5, 5.41) is 0. The molecule has 0 saturated carbocycles. The van der Waals surface area contributed by atoms with Crippen molar-refractivity contribution in [2.45, 2.75) is 57.7 Å². The molecule has 1 unspecified atom stereocenters. The number of ketones is 1. The van der Waals surface area contributed by atoms with Crippen molar-refractivity contribution in [2.24, 2.45) is 0 Å². The van der Waals surface area contributed by atoms with Crippen LogP contribution < -0.4 is 4.74 Å². The van der Waals surface area contributed by atoms with Gasteiger partial charge in [-0.15, -0.1) is 0 Å². The van der Waals surface area contributed by atoms with Gasteiger partial charge in [0.25, 0.3) is 5.91 Å². The summed E-state index contributed by atoms with van der Waals surface area (Å²) >= 11 is 0. The van der Waals surface area contributed by atoms with Gasteiger partial charge in [-0.25, -0.2) is 0 Å². The molecule has 5 heteroatoms. The number of benzene rings is 1. The van der Waals surface area contributed by atoms with Gasteiger partial charge >= 0.3 is 0 Å². The monoisotopic (exact) mass is 343 g/mol. The second kappa shape index (κ2) is 6.13. The maximum atomic E-state index is 12.7. The highest BCUT2D eigenvalue weighted by atomic mass is 16.5. The van der Waals surface area contributed by atoms with Gasteiger partial charge in [0.1, 0.15) is 17.5 Å². The Morgan fingerprint density at radius 3 is 2.68 bits per heavy atom. The van der Waals surface area contributed by atoms with E-state index in [-0.39, 0.29) is 17.8 Å². The molecule has 0 N–H and O–H groups in total. The fourth-order valence-corrected chi connectivity index (χ4v) is 4.41. The molecule has 3 aliphatic rings. The van der Waals surface area contributed by atoms with Gasteiger partial charge in [0.15, 0.2) is 5.78 Å². The number of rotatable bonds is 1. The summed E-state index contributed by atoms with van der Waals surface area (Å²) < 4.78 is 11.9. The van der Waals surface area contributed by atoms with E-state index in [0.717, 1.165) is 29.5 Å². The SMILES string of the molecule is Cc1cc(C)c2c(c1)OC1(CCN(C(=O)C3CCCO3)CC1)CC2=O. The van der Waals surface area contributed by atoms with Gasteiger partial charge in [0, 0.05) is 32.5 Å². The third kappa shape index (κ3) is 2.95. The largest absolute Gasteiger partial charge is 0.486 e. The molecule has 1 atom stereocenters. The van der Waals surface area contributed by atoms with Crippen LogP contribution in [0.5, 0.6) is 5.75 Å². The molecule has 25 heavy (non-hydrogen) atoms. The molecule has 4 rings (SSSR count). The number of ether oxygens (including phenoxy) is 2. The Kier molecular flexibility index (Phi) is 4.07. The Labute approximate surface area is 148 Å². The predicted molar refractivity (Wildman–Crippen MR) is 93.0 cm³/mol. The first-order chi connectivity index (χ1) is 12.0. The molecular formula is C20H25NO4. The normalized spacial score (nSPS) is 25.0. The standard InChI is InChI=1S/C20H25NO4/c1-13-10-14(2)18-15(22)12-20(25-17(18)11-13)5-7-21(8-6-20)19(23)16-4-3-9-24-16/h10-11,16H,3-9,12H2,1-2H3. The van der Waals surface area contributed by atoms with Crippen LogP contribution in [0.25, 0.3) is 0 Å². The minimum absolute atomic E-state index is 0.0987. The van der Waals surface area contributed by atoms with E-state index in [2.05, 4.69) is 0 Å². The van der Waals surface area contributed by atoms with Crippen LogP contribution in [0.1, 0.15) is 53.6 Å². The minimum Gasteiger partial charge on any atom is -0.486 e. The molecule has 0 aliphatic carbocycles. The van der Waals surface area contributed by atoms with Crippen LogP contribution in [0, 0.1) is 13.8 Å². The maximum Gasteiger partial charge on any atom is 0.251 e. The zero-order chi connectivity index (χ0) is 17.6. The topological polar surface area (TPSA) is 55.8 Å². The second-order valence-electron chi connectivity index (χ2n) is 7.67. The van der Waals surface area contributed by atoms with Crippen LogP contribution in [0.3, 0.4) is 0 Å². The Morgan fingerprint density at radius 2 is 2.00 bits per heavy atom. The molecule has 5 nitrogen and oxygen atoms in total. The van der Waals surface area contributed by atoms with Gasteiger partial charge in [-0.05, 0) is 43.9 Å². The number of aryl methyl sites for hydroxylation is 2. The molecule has 0 radical (unpaired) electrons. The molecular weight excluding hydrogens is 318 g/mol. The van der Waals surface area contributed by atoms with Crippen LogP contribution in [0.4, 0.5) is 0 Å².